The predicted octanol–water partition coefficient (Wildman–Crippen LogP) is 2.26. The third-order valence-electron chi connectivity index (χ3n) is 2.94. The van der Waals surface area contributed by atoms with E-state index in [0.717, 1.165) is 6.42 Å². The molecule has 2 aromatic rings. The summed E-state index contributed by atoms with van der Waals surface area (Å²) in [4.78, 5) is 11.1. The third-order valence-corrected chi connectivity index (χ3v) is 4.76. The molecule has 106 valence electrons. The molecule has 1 aromatic heterocycles. The Morgan fingerprint density at radius 2 is 1.95 bits per heavy atom. The zero-order chi connectivity index (χ0) is 14.6. The molecule has 6 heteroatoms. The summed E-state index contributed by atoms with van der Waals surface area (Å²) in [5.41, 5.74) is 0.723. The molecule has 0 spiro atoms. The maximum Gasteiger partial charge on any atom is 0.196 e. The minimum atomic E-state index is -3.53. The Hall–Kier alpha value is -1.95. The zero-order valence-electron chi connectivity index (χ0n) is 11.2. The summed E-state index contributed by atoms with van der Waals surface area (Å²) in [5.74, 6) is 0.0167. The van der Waals surface area contributed by atoms with Crippen LogP contribution in [-0.4, -0.2) is 30.2 Å². The van der Waals surface area contributed by atoms with Gasteiger partial charge in [-0.25, -0.2) is 13.1 Å². The molecule has 0 radical (unpaired) electrons. The highest BCUT2D eigenvalue weighted by Gasteiger charge is 2.24. The van der Waals surface area contributed by atoms with Gasteiger partial charge in [-0.1, -0.05) is 31.5 Å². The van der Waals surface area contributed by atoms with Crippen LogP contribution in [0.2, 0.25) is 0 Å². The highest BCUT2D eigenvalue weighted by Crippen LogP contribution is 2.21. The molecule has 0 saturated carbocycles. The van der Waals surface area contributed by atoms with Gasteiger partial charge in [-0.2, -0.15) is 5.10 Å². The van der Waals surface area contributed by atoms with Crippen molar-refractivity contribution in [3.63, 3.8) is 0 Å². The Morgan fingerprint density at radius 1 is 1.25 bits per heavy atom. The Bertz CT molecular complexity index is 690. The van der Waals surface area contributed by atoms with Crippen LogP contribution in [0.5, 0.6) is 0 Å². The number of unbranched alkanes of at least 4 members (excludes halogenated alkanes) is 1. The average molecular weight is 292 g/mol. The fourth-order valence-corrected chi connectivity index (χ4v) is 3.66. The quantitative estimate of drug-likeness (QED) is 0.766. The molecule has 1 aromatic carbocycles. The fourth-order valence-electron chi connectivity index (χ4n) is 1.93. The second-order valence-electron chi connectivity index (χ2n) is 4.44. The summed E-state index contributed by atoms with van der Waals surface area (Å²) in [5, 5.41) is 4.02. The number of hydrogen-bond donors (Lipinski definition) is 0. The van der Waals surface area contributed by atoms with Crippen LogP contribution in [0, 0.1) is 0 Å². The molecule has 0 saturated heterocycles. The van der Waals surface area contributed by atoms with Gasteiger partial charge in [0, 0.05) is 0 Å². The molecule has 0 amide bonds. The second kappa shape index (κ2) is 6.00. The summed E-state index contributed by atoms with van der Waals surface area (Å²) >= 11 is 0. The van der Waals surface area contributed by atoms with Crippen LogP contribution in [0.3, 0.4) is 0 Å². The lowest BCUT2D eigenvalue weighted by Crippen LogP contribution is -2.14. The Labute approximate surface area is 118 Å². The van der Waals surface area contributed by atoms with Crippen LogP contribution in [0.25, 0.3) is 5.69 Å². The maximum atomic E-state index is 12.4. The second-order valence-corrected chi connectivity index (χ2v) is 6.47. The van der Waals surface area contributed by atoms with Crippen molar-refractivity contribution in [2.45, 2.75) is 24.8 Å². The fraction of sp³-hybridized carbons (Fsp3) is 0.286. The molecular formula is C14H16N2O3S. The number of para-hydroxylation sites is 1. The Kier molecular flexibility index (Phi) is 4.34. The van der Waals surface area contributed by atoms with Crippen molar-refractivity contribution in [2.24, 2.45) is 0 Å². The number of sulfone groups is 1. The first-order chi connectivity index (χ1) is 9.60. The number of nitrogens with zero attached hydrogens (tertiary/aromatic N) is 2. The maximum absolute atomic E-state index is 12.4. The molecule has 5 nitrogen and oxygen atoms in total. The zero-order valence-corrected chi connectivity index (χ0v) is 12.0. The lowest BCUT2D eigenvalue weighted by molar-refractivity contribution is 0.112. The minimum absolute atomic E-state index is 0.0167. The van der Waals surface area contributed by atoms with Gasteiger partial charge in [0.1, 0.15) is 0 Å². The topological polar surface area (TPSA) is 69.0 Å². The van der Waals surface area contributed by atoms with Gasteiger partial charge in [-0.3, -0.25) is 4.79 Å². The van der Waals surface area contributed by atoms with Crippen LogP contribution in [0.15, 0.2) is 41.6 Å². The van der Waals surface area contributed by atoms with Gasteiger partial charge in [0.2, 0.25) is 0 Å². The summed E-state index contributed by atoms with van der Waals surface area (Å²) in [7, 11) is -3.53. The summed E-state index contributed by atoms with van der Waals surface area (Å²) in [6.07, 6.45) is 3.15. The first-order valence-corrected chi connectivity index (χ1v) is 8.06. The number of carbonyl (C=O) groups is 1. The van der Waals surface area contributed by atoms with Crippen molar-refractivity contribution in [1.82, 2.24) is 9.78 Å². The molecule has 0 aliphatic carbocycles. The van der Waals surface area contributed by atoms with Crippen LogP contribution in [0.1, 0.15) is 30.1 Å². The minimum Gasteiger partial charge on any atom is -0.298 e. The van der Waals surface area contributed by atoms with Crippen LogP contribution in [-0.2, 0) is 9.84 Å². The van der Waals surface area contributed by atoms with Gasteiger partial charge < -0.3 is 0 Å². The molecule has 0 atom stereocenters. The Balaban J connectivity index is 2.57. The van der Waals surface area contributed by atoms with Crippen molar-refractivity contribution in [1.29, 1.82) is 0 Å². The number of aromatic nitrogens is 2. The van der Waals surface area contributed by atoms with Gasteiger partial charge >= 0.3 is 0 Å². The van der Waals surface area contributed by atoms with E-state index in [9.17, 15) is 13.2 Å². The lowest BCUT2D eigenvalue weighted by atomic mass is 10.3. The van der Waals surface area contributed by atoms with Gasteiger partial charge in [0.25, 0.3) is 0 Å². The average Bonchev–Trinajstić information content (AvgIpc) is 2.91. The smallest absolute Gasteiger partial charge is 0.196 e. The van der Waals surface area contributed by atoms with Crippen molar-refractivity contribution >= 4 is 16.1 Å². The van der Waals surface area contributed by atoms with E-state index in [1.165, 1.54) is 10.9 Å². The molecule has 0 aliphatic heterocycles. The van der Waals surface area contributed by atoms with E-state index in [-0.39, 0.29) is 16.3 Å². The number of benzene rings is 1. The molecule has 2 rings (SSSR count). The number of rotatable bonds is 6. The van der Waals surface area contributed by atoms with Crippen LogP contribution >= 0.6 is 0 Å². The largest absolute Gasteiger partial charge is 0.298 e. The van der Waals surface area contributed by atoms with Gasteiger partial charge in [0.05, 0.1) is 23.2 Å². The number of hydrogen-bond acceptors (Lipinski definition) is 4. The molecule has 0 fully saturated rings. The monoisotopic (exact) mass is 292 g/mol. The van der Waals surface area contributed by atoms with E-state index in [1.54, 1.807) is 24.3 Å². The SMILES string of the molecule is CCCCS(=O)(=O)c1c(C=O)cnn1-c1ccccc1. The van der Waals surface area contributed by atoms with E-state index in [0.29, 0.717) is 18.4 Å². The highest BCUT2D eigenvalue weighted by atomic mass is 32.2. The van der Waals surface area contributed by atoms with Crippen LogP contribution < -0.4 is 0 Å². The first-order valence-electron chi connectivity index (χ1n) is 6.41. The predicted molar refractivity (Wildman–Crippen MR) is 75.9 cm³/mol. The molecule has 0 unspecified atom stereocenters. The molecule has 1 heterocycles. The lowest BCUT2D eigenvalue weighted by Gasteiger charge is -2.08. The van der Waals surface area contributed by atoms with Gasteiger partial charge in [-0.15, -0.1) is 0 Å². The van der Waals surface area contributed by atoms with Crippen molar-refractivity contribution in [2.75, 3.05) is 5.75 Å². The van der Waals surface area contributed by atoms with E-state index in [2.05, 4.69) is 5.10 Å². The molecule has 0 aliphatic rings. The number of aldehydes is 1. The summed E-state index contributed by atoms with van der Waals surface area (Å²) in [6.45, 7) is 1.92. The van der Waals surface area contributed by atoms with E-state index in [1.807, 2.05) is 13.0 Å². The summed E-state index contributed by atoms with van der Waals surface area (Å²) < 4.78 is 26.1. The van der Waals surface area contributed by atoms with E-state index >= 15 is 0 Å². The molecule has 0 bridgehead atoms. The van der Waals surface area contributed by atoms with Crippen LogP contribution in [0.4, 0.5) is 0 Å². The number of carbonyl (C=O) groups excluding carboxylic acids is 1. The van der Waals surface area contributed by atoms with Crippen molar-refractivity contribution < 1.29 is 13.2 Å². The molecule has 20 heavy (non-hydrogen) atoms. The van der Waals surface area contributed by atoms with E-state index < -0.39 is 9.84 Å². The molecular weight excluding hydrogens is 276 g/mol. The van der Waals surface area contributed by atoms with Gasteiger partial charge in [0.15, 0.2) is 21.1 Å². The summed E-state index contributed by atoms with van der Waals surface area (Å²) in [6, 6.07) is 8.92. The standard InChI is InChI=1S/C14H16N2O3S/c1-2-3-9-20(18,19)14-12(11-17)10-15-16(14)13-7-5-4-6-8-13/h4-8,10-11H,2-3,9H2,1H3. The third kappa shape index (κ3) is 2.80. The van der Waals surface area contributed by atoms with Crippen molar-refractivity contribution in [3.8, 4) is 5.69 Å². The van der Waals surface area contributed by atoms with E-state index in [4.69, 9.17) is 0 Å². The first kappa shape index (κ1) is 14.5. The normalized spacial score (nSPS) is 11.4. The highest BCUT2D eigenvalue weighted by molar-refractivity contribution is 7.91. The van der Waals surface area contributed by atoms with Crippen molar-refractivity contribution in [3.05, 3.63) is 42.1 Å². The molecule has 0 N–H and O–H groups in total. The van der Waals surface area contributed by atoms with Gasteiger partial charge in [-0.05, 0) is 18.6 Å². The Morgan fingerprint density at radius 3 is 2.55 bits per heavy atom.